The molecule has 1 unspecified atom stereocenters. The van der Waals surface area contributed by atoms with Crippen LogP contribution in [0.1, 0.15) is 18.4 Å². The highest BCUT2D eigenvalue weighted by Crippen LogP contribution is 2.24. The number of piperidine rings is 1. The lowest BCUT2D eigenvalue weighted by atomic mass is 9.97. The van der Waals surface area contributed by atoms with Crippen molar-refractivity contribution in [3.63, 3.8) is 0 Å². The van der Waals surface area contributed by atoms with Gasteiger partial charge >= 0.3 is 0 Å². The Kier molecular flexibility index (Phi) is 4.82. The Hall–Kier alpha value is -3.22. The topological polar surface area (TPSA) is 84.2 Å². The molecule has 27 heavy (non-hydrogen) atoms. The molecule has 7 nitrogen and oxygen atoms in total. The quantitative estimate of drug-likeness (QED) is 0.766. The summed E-state index contributed by atoms with van der Waals surface area (Å²) in [5.74, 6) is 1.96. The molecular formula is C20H21N5O2. The predicted octanol–water partition coefficient (Wildman–Crippen LogP) is 3.30. The normalized spacial score (nSPS) is 16.9. The third kappa shape index (κ3) is 3.97. The van der Waals surface area contributed by atoms with E-state index in [9.17, 15) is 4.79 Å². The molecule has 1 amide bonds. The van der Waals surface area contributed by atoms with Gasteiger partial charge in [-0.2, -0.15) is 0 Å². The second kappa shape index (κ2) is 7.57. The molecule has 0 aromatic carbocycles. The molecule has 0 saturated carbocycles. The van der Waals surface area contributed by atoms with Crippen LogP contribution in [0, 0.1) is 12.8 Å². The third-order valence-electron chi connectivity index (χ3n) is 4.71. The summed E-state index contributed by atoms with van der Waals surface area (Å²) in [4.78, 5) is 19.0. The third-order valence-corrected chi connectivity index (χ3v) is 4.71. The van der Waals surface area contributed by atoms with Gasteiger partial charge < -0.3 is 14.6 Å². The van der Waals surface area contributed by atoms with Crippen LogP contribution >= 0.6 is 0 Å². The Labute approximate surface area is 157 Å². The summed E-state index contributed by atoms with van der Waals surface area (Å²) < 4.78 is 5.34. The number of aromatic nitrogens is 3. The van der Waals surface area contributed by atoms with Gasteiger partial charge in [0.25, 0.3) is 0 Å². The molecule has 0 spiro atoms. The van der Waals surface area contributed by atoms with Crippen LogP contribution < -0.4 is 10.2 Å². The lowest BCUT2D eigenvalue weighted by molar-refractivity contribution is -0.120. The molecule has 1 fully saturated rings. The van der Waals surface area contributed by atoms with E-state index in [4.69, 9.17) is 4.42 Å². The average Bonchev–Trinajstić information content (AvgIpc) is 3.23. The number of furan rings is 1. The minimum atomic E-state index is -0.104. The van der Waals surface area contributed by atoms with Gasteiger partial charge in [-0.1, -0.05) is 0 Å². The van der Waals surface area contributed by atoms with E-state index in [0.717, 1.165) is 30.8 Å². The fourth-order valence-corrected chi connectivity index (χ4v) is 3.28. The van der Waals surface area contributed by atoms with E-state index in [1.165, 1.54) is 0 Å². The van der Waals surface area contributed by atoms with Crippen molar-refractivity contribution in [2.45, 2.75) is 19.8 Å². The van der Waals surface area contributed by atoms with E-state index in [0.29, 0.717) is 23.8 Å². The molecule has 3 aromatic heterocycles. The van der Waals surface area contributed by atoms with E-state index in [2.05, 4.69) is 25.4 Å². The molecule has 3 aromatic rings. The lowest BCUT2D eigenvalue weighted by Crippen LogP contribution is -2.41. The number of aryl methyl sites for hydroxylation is 1. The standard InChI is InChI=1S/C20H21N5O2/c1-14-8-9-21-18(12-14)22-20(26)15-4-2-10-25(13-15)19-7-6-16(23-24-19)17-5-3-11-27-17/h3,5-9,11-12,15H,2,4,10,13H2,1H3,(H,21,22,26). The van der Waals surface area contributed by atoms with Crippen LogP contribution in [-0.4, -0.2) is 34.2 Å². The Bertz CT molecular complexity index is 908. The van der Waals surface area contributed by atoms with Crippen molar-refractivity contribution in [2.75, 3.05) is 23.3 Å². The van der Waals surface area contributed by atoms with Crippen molar-refractivity contribution < 1.29 is 9.21 Å². The maximum absolute atomic E-state index is 12.6. The molecule has 1 aliphatic heterocycles. The highest BCUT2D eigenvalue weighted by Gasteiger charge is 2.27. The molecule has 1 aliphatic rings. The van der Waals surface area contributed by atoms with Crippen molar-refractivity contribution in [3.8, 4) is 11.5 Å². The Morgan fingerprint density at radius 1 is 1.26 bits per heavy atom. The van der Waals surface area contributed by atoms with Crippen molar-refractivity contribution in [3.05, 3.63) is 54.4 Å². The maximum atomic E-state index is 12.6. The van der Waals surface area contributed by atoms with Crippen molar-refractivity contribution >= 4 is 17.5 Å². The lowest BCUT2D eigenvalue weighted by Gasteiger charge is -2.32. The maximum Gasteiger partial charge on any atom is 0.230 e. The minimum Gasteiger partial charge on any atom is -0.463 e. The second-order valence-corrected chi connectivity index (χ2v) is 6.75. The van der Waals surface area contributed by atoms with Crippen LogP contribution in [-0.2, 0) is 4.79 Å². The fourth-order valence-electron chi connectivity index (χ4n) is 3.28. The highest BCUT2D eigenvalue weighted by atomic mass is 16.3. The average molecular weight is 363 g/mol. The number of hydrogen-bond acceptors (Lipinski definition) is 6. The van der Waals surface area contributed by atoms with Gasteiger partial charge in [-0.3, -0.25) is 4.79 Å². The zero-order valence-electron chi connectivity index (χ0n) is 15.1. The number of nitrogens with zero attached hydrogens (tertiary/aromatic N) is 4. The molecule has 0 bridgehead atoms. The zero-order chi connectivity index (χ0) is 18.6. The highest BCUT2D eigenvalue weighted by molar-refractivity contribution is 5.92. The van der Waals surface area contributed by atoms with E-state index in [-0.39, 0.29) is 11.8 Å². The van der Waals surface area contributed by atoms with Gasteiger partial charge in [0.2, 0.25) is 5.91 Å². The predicted molar refractivity (Wildman–Crippen MR) is 102 cm³/mol. The molecule has 1 saturated heterocycles. The number of hydrogen-bond donors (Lipinski definition) is 1. The number of rotatable bonds is 4. The first-order valence-corrected chi connectivity index (χ1v) is 9.05. The van der Waals surface area contributed by atoms with Crippen LogP contribution in [0.5, 0.6) is 0 Å². The largest absolute Gasteiger partial charge is 0.463 e. The number of pyridine rings is 1. The molecule has 138 valence electrons. The van der Waals surface area contributed by atoms with Gasteiger partial charge in [0.15, 0.2) is 11.6 Å². The van der Waals surface area contributed by atoms with Gasteiger partial charge in [0, 0.05) is 19.3 Å². The van der Waals surface area contributed by atoms with Gasteiger partial charge in [0.1, 0.15) is 11.5 Å². The summed E-state index contributed by atoms with van der Waals surface area (Å²) in [5.41, 5.74) is 1.76. The summed E-state index contributed by atoms with van der Waals surface area (Å²) in [6, 6.07) is 11.3. The number of anilines is 2. The summed E-state index contributed by atoms with van der Waals surface area (Å²) in [7, 11) is 0. The summed E-state index contributed by atoms with van der Waals surface area (Å²) in [5, 5.41) is 11.5. The number of amides is 1. The van der Waals surface area contributed by atoms with Gasteiger partial charge in [-0.15, -0.1) is 10.2 Å². The van der Waals surface area contributed by atoms with E-state index < -0.39 is 0 Å². The van der Waals surface area contributed by atoms with Gasteiger partial charge in [-0.05, 0) is 61.7 Å². The molecule has 1 N–H and O–H groups in total. The van der Waals surface area contributed by atoms with Crippen LogP contribution in [0.25, 0.3) is 11.5 Å². The zero-order valence-corrected chi connectivity index (χ0v) is 15.1. The molecule has 0 aliphatic carbocycles. The van der Waals surface area contributed by atoms with E-state index >= 15 is 0 Å². The molecule has 7 heteroatoms. The Morgan fingerprint density at radius 3 is 2.93 bits per heavy atom. The smallest absolute Gasteiger partial charge is 0.230 e. The first-order chi connectivity index (χ1) is 13.2. The molecular weight excluding hydrogens is 342 g/mol. The fraction of sp³-hybridized carbons (Fsp3) is 0.300. The SMILES string of the molecule is Cc1ccnc(NC(=O)C2CCCN(c3ccc(-c4ccco4)nn3)C2)c1. The number of nitrogens with one attached hydrogen (secondary N) is 1. The monoisotopic (exact) mass is 363 g/mol. The molecule has 4 heterocycles. The number of carbonyl (C=O) groups excluding carboxylic acids is 1. The summed E-state index contributed by atoms with van der Waals surface area (Å²) in [6.45, 7) is 3.46. The van der Waals surface area contributed by atoms with Crippen LogP contribution in [0.3, 0.4) is 0 Å². The molecule has 0 radical (unpaired) electrons. The van der Waals surface area contributed by atoms with Gasteiger partial charge in [-0.25, -0.2) is 4.98 Å². The molecule has 4 rings (SSSR count). The van der Waals surface area contributed by atoms with Crippen LogP contribution in [0.4, 0.5) is 11.6 Å². The van der Waals surface area contributed by atoms with E-state index in [1.54, 1.807) is 12.5 Å². The first kappa shape index (κ1) is 17.2. The van der Waals surface area contributed by atoms with Crippen LogP contribution in [0.15, 0.2) is 53.3 Å². The first-order valence-electron chi connectivity index (χ1n) is 9.05. The van der Waals surface area contributed by atoms with Crippen LogP contribution in [0.2, 0.25) is 0 Å². The summed E-state index contributed by atoms with van der Waals surface area (Å²) >= 11 is 0. The molecule has 1 atom stereocenters. The minimum absolute atomic E-state index is 0.00188. The van der Waals surface area contributed by atoms with Crippen molar-refractivity contribution in [1.82, 2.24) is 15.2 Å². The van der Waals surface area contributed by atoms with Gasteiger partial charge in [0.05, 0.1) is 12.2 Å². The van der Waals surface area contributed by atoms with Crippen molar-refractivity contribution in [1.29, 1.82) is 0 Å². The van der Waals surface area contributed by atoms with Crippen molar-refractivity contribution in [2.24, 2.45) is 5.92 Å². The van der Waals surface area contributed by atoms with E-state index in [1.807, 2.05) is 43.3 Å². The Balaban J connectivity index is 1.42. The number of carbonyl (C=O) groups is 1. The Morgan fingerprint density at radius 2 is 2.19 bits per heavy atom. The second-order valence-electron chi connectivity index (χ2n) is 6.75. The summed E-state index contributed by atoms with van der Waals surface area (Å²) in [6.07, 6.45) is 5.10.